The summed E-state index contributed by atoms with van der Waals surface area (Å²) in [6, 6.07) is 3.33. The minimum absolute atomic E-state index is 0.163. The molecule has 8 nitrogen and oxygen atoms in total. The number of nitrogens with zero attached hydrogens (tertiary/aromatic N) is 1. The van der Waals surface area contributed by atoms with E-state index in [1.807, 2.05) is 0 Å². The van der Waals surface area contributed by atoms with E-state index in [1.54, 1.807) is 32.0 Å². The van der Waals surface area contributed by atoms with Gasteiger partial charge in [0.05, 0.1) is 11.1 Å². The van der Waals surface area contributed by atoms with Gasteiger partial charge in [-0.2, -0.15) is 0 Å². The molecule has 0 spiro atoms. The van der Waals surface area contributed by atoms with Gasteiger partial charge in [0, 0.05) is 17.6 Å². The first-order valence-electron chi connectivity index (χ1n) is 8.15. The number of imide groups is 1. The van der Waals surface area contributed by atoms with E-state index >= 15 is 0 Å². The van der Waals surface area contributed by atoms with E-state index in [4.69, 9.17) is 5.11 Å². The Hall–Kier alpha value is -2.42. The van der Waals surface area contributed by atoms with Crippen LogP contribution in [0.5, 0.6) is 0 Å². The topological polar surface area (TPSA) is 116 Å². The van der Waals surface area contributed by atoms with Crippen LogP contribution in [0.4, 0.5) is 4.79 Å². The Morgan fingerprint density at radius 3 is 2.46 bits per heavy atom. The zero-order valence-corrected chi connectivity index (χ0v) is 16.0. The standard InChI is InChI=1S/C17H20BrN3O5/c1-9(2)13(16(24)25)20-17(26)19-6-3-7-21-14(22)11-5-4-10(18)8-12(11)15(21)23/h4-5,8-9,13H,3,6-7H2,1-2H3,(H,24,25)(H2,19,20,26). The number of carboxylic acid groups (broad SMARTS) is 1. The van der Waals surface area contributed by atoms with Gasteiger partial charge in [-0.05, 0) is 30.5 Å². The van der Waals surface area contributed by atoms with Crippen molar-refractivity contribution in [3.8, 4) is 0 Å². The molecule has 0 aromatic heterocycles. The number of benzene rings is 1. The van der Waals surface area contributed by atoms with Crippen LogP contribution in [0.2, 0.25) is 0 Å². The molecule has 26 heavy (non-hydrogen) atoms. The molecule has 4 amide bonds. The summed E-state index contributed by atoms with van der Waals surface area (Å²) >= 11 is 3.27. The molecule has 0 aliphatic carbocycles. The van der Waals surface area contributed by atoms with E-state index in [0.29, 0.717) is 17.5 Å². The minimum atomic E-state index is -1.10. The molecule has 2 rings (SSSR count). The monoisotopic (exact) mass is 425 g/mol. The van der Waals surface area contributed by atoms with E-state index in [2.05, 4.69) is 26.6 Å². The maximum Gasteiger partial charge on any atom is 0.326 e. The number of carbonyl (C=O) groups is 4. The van der Waals surface area contributed by atoms with E-state index in [-0.39, 0.29) is 30.8 Å². The van der Waals surface area contributed by atoms with Crippen LogP contribution in [0.25, 0.3) is 0 Å². The van der Waals surface area contributed by atoms with E-state index in [1.165, 1.54) is 0 Å². The number of halogens is 1. The summed E-state index contributed by atoms with van der Waals surface area (Å²) in [4.78, 5) is 48.5. The van der Waals surface area contributed by atoms with Crippen molar-refractivity contribution < 1.29 is 24.3 Å². The summed E-state index contributed by atoms with van der Waals surface area (Å²) in [5, 5.41) is 14.0. The molecule has 9 heteroatoms. The Kier molecular flexibility index (Phi) is 6.36. The minimum Gasteiger partial charge on any atom is -0.480 e. The highest BCUT2D eigenvalue weighted by Crippen LogP contribution is 2.25. The lowest BCUT2D eigenvalue weighted by Gasteiger charge is -2.18. The Morgan fingerprint density at radius 2 is 1.85 bits per heavy atom. The molecule has 1 heterocycles. The summed E-state index contributed by atoms with van der Waals surface area (Å²) in [5.74, 6) is -2.07. The van der Waals surface area contributed by atoms with Gasteiger partial charge >= 0.3 is 12.0 Å². The number of aliphatic carboxylic acids is 1. The summed E-state index contributed by atoms with van der Waals surface area (Å²) in [6.45, 7) is 3.75. The normalized spacial score (nSPS) is 14.4. The van der Waals surface area contributed by atoms with Crippen molar-refractivity contribution in [2.75, 3.05) is 13.1 Å². The second kappa shape index (κ2) is 8.31. The number of fused-ring (bicyclic) bond motifs is 1. The molecule has 0 fully saturated rings. The van der Waals surface area contributed by atoms with Gasteiger partial charge in [0.2, 0.25) is 0 Å². The Bertz CT molecular complexity index is 750. The van der Waals surface area contributed by atoms with Gasteiger partial charge in [0.1, 0.15) is 6.04 Å². The fourth-order valence-corrected chi connectivity index (χ4v) is 2.97. The maximum absolute atomic E-state index is 12.3. The molecule has 1 aliphatic rings. The zero-order chi connectivity index (χ0) is 19.4. The smallest absolute Gasteiger partial charge is 0.326 e. The Labute approximate surface area is 159 Å². The van der Waals surface area contributed by atoms with Crippen LogP contribution >= 0.6 is 15.9 Å². The lowest BCUT2D eigenvalue weighted by Crippen LogP contribution is -2.49. The highest BCUT2D eigenvalue weighted by Gasteiger charge is 2.35. The van der Waals surface area contributed by atoms with Crippen molar-refractivity contribution in [2.24, 2.45) is 5.92 Å². The fourth-order valence-electron chi connectivity index (χ4n) is 2.61. The molecule has 1 unspecified atom stereocenters. The van der Waals surface area contributed by atoms with Gasteiger partial charge in [-0.3, -0.25) is 14.5 Å². The number of carbonyl (C=O) groups excluding carboxylic acids is 3. The van der Waals surface area contributed by atoms with Crippen LogP contribution in [-0.2, 0) is 4.79 Å². The summed E-state index contributed by atoms with van der Waals surface area (Å²) in [5.41, 5.74) is 0.724. The largest absolute Gasteiger partial charge is 0.480 e. The third kappa shape index (κ3) is 4.40. The average molecular weight is 426 g/mol. The van der Waals surface area contributed by atoms with Crippen LogP contribution < -0.4 is 10.6 Å². The van der Waals surface area contributed by atoms with Gasteiger partial charge < -0.3 is 15.7 Å². The molecule has 1 aromatic rings. The molecule has 1 aromatic carbocycles. The molecule has 1 atom stereocenters. The second-order valence-corrected chi connectivity index (χ2v) is 7.18. The molecule has 0 bridgehead atoms. The predicted octanol–water partition coefficient (Wildman–Crippen LogP) is 1.84. The first-order chi connectivity index (χ1) is 12.2. The quantitative estimate of drug-likeness (QED) is 0.455. The van der Waals surface area contributed by atoms with Crippen molar-refractivity contribution in [3.63, 3.8) is 0 Å². The third-order valence-corrected chi connectivity index (χ3v) is 4.49. The van der Waals surface area contributed by atoms with Crippen molar-refractivity contribution in [3.05, 3.63) is 33.8 Å². The van der Waals surface area contributed by atoms with E-state index in [0.717, 1.165) is 9.37 Å². The fraction of sp³-hybridized carbons (Fsp3) is 0.412. The number of rotatable bonds is 7. The Balaban J connectivity index is 1.82. The molecule has 1 aliphatic heterocycles. The third-order valence-electron chi connectivity index (χ3n) is 4.00. The van der Waals surface area contributed by atoms with Crippen LogP contribution in [0.15, 0.2) is 22.7 Å². The van der Waals surface area contributed by atoms with Crippen LogP contribution in [0.3, 0.4) is 0 Å². The van der Waals surface area contributed by atoms with E-state index < -0.39 is 18.0 Å². The number of nitrogens with one attached hydrogen (secondary N) is 2. The average Bonchev–Trinajstić information content (AvgIpc) is 2.80. The number of hydrogen-bond donors (Lipinski definition) is 3. The molecule has 140 valence electrons. The maximum atomic E-state index is 12.3. The highest BCUT2D eigenvalue weighted by atomic mass is 79.9. The van der Waals surface area contributed by atoms with Crippen LogP contribution in [0.1, 0.15) is 41.0 Å². The highest BCUT2D eigenvalue weighted by molar-refractivity contribution is 9.10. The zero-order valence-electron chi connectivity index (χ0n) is 14.4. The van der Waals surface area contributed by atoms with Gasteiger partial charge in [-0.25, -0.2) is 9.59 Å². The van der Waals surface area contributed by atoms with Gasteiger partial charge in [0.15, 0.2) is 0 Å². The molecule has 3 N–H and O–H groups in total. The molecule has 0 radical (unpaired) electrons. The SMILES string of the molecule is CC(C)C(NC(=O)NCCCN1C(=O)c2ccc(Br)cc2C1=O)C(=O)O. The first kappa shape index (κ1) is 19.9. The second-order valence-electron chi connectivity index (χ2n) is 6.27. The molecular formula is C17H20BrN3O5. The van der Waals surface area contributed by atoms with Crippen molar-refractivity contribution in [2.45, 2.75) is 26.3 Å². The van der Waals surface area contributed by atoms with E-state index in [9.17, 15) is 19.2 Å². The van der Waals surface area contributed by atoms with Gasteiger partial charge in [-0.1, -0.05) is 29.8 Å². The molecule has 0 saturated carbocycles. The summed E-state index contributed by atoms with van der Waals surface area (Å²) in [6.07, 6.45) is 0.361. The van der Waals surface area contributed by atoms with Crippen molar-refractivity contribution in [1.82, 2.24) is 15.5 Å². The van der Waals surface area contributed by atoms with Crippen molar-refractivity contribution >= 4 is 39.7 Å². The van der Waals surface area contributed by atoms with Gasteiger partial charge in [-0.15, -0.1) is 0 Å². The van der Waals surface area contributed by atoms with Crippen molar-refractivity contribution in [1.29, 1.82) is 0 Å². The summed E-state index contributed by atoms with van der Waals surface area (Å²) in [7, 11) is 0. The number of amides is 4. The molecular weight excluding hydrogens is 406 g/mol. The molecule has 0 saturated heterocycles. The lowest BCUT2D eigenvalue weighted by atomic mass is 10.1. The number of urea groups is 1. The number of carboxylic acids is 1. The summed E-state index contributed by atoms with van der Waals surface area (Å²) < 4.78 is 0.718. The first-order valence-corrected chi connectivity index (χ1v) is 8.94. The van der Waals surface area contributed by atoms with Crippen LogP contribution in [0, 0.1) is 5.92 Å². The Morgan fingerprint density at radius 1 is 1.19 bits per heavy atom. The lowest BCUT2D eigenvalue weighted by molar-refractivity contribution is -0.140. The predicted molar refractivity (Wildman–Crippen MR) is 96.9 cm³/mol. The van der Waals surface area contributed by atoms with Gasteiger partial charge in [0.25, 0.3) is 11.8 Å². The number of hydrogen-bond acceptors (Lipinski definition) is 4. The van der Waals surface area contributed by atoms with Crippen LogP contribution in [-0.4, -0.2) is 53.0 Å².